The number of aromatic amines is 1. The van der Waals surface area contributed by atoms with Crippen LogP contribution in [0.3, 0.4) is 0 Å². The van der Waals surface area contributed by atoms with E-state index in [2.05, 4.69) is 15.5 Å². The smallest absolute Gasteiger partial charge is 0.220 e. The fourth-order valence-electron chi connectivity index (χ4n) is 1.04. The Morgan fingerprint density at radius 1 is 1.71 bits per heavy atom. The van der Waals surface area contributed by atoms with Crippen LogP contribution >= 0.6 is 0 Å². The molecule has 1 aromatic heterocycles. The summed E-state index contributed by atoms with van der Waals surface area (Å²) in [4.78, 5) is 11.2. The number of hydrogen-bond donors (Lipinski definition) is 2. The number of carbonyl (C=O) groups excluding carboxylic acids is 1. The number of H-pyrrole nitrogens is 1. The zero-order valence-electron chi connectivity index (χ0n) is 8.25. The molecular weight excluding hydrogens is 182 g/mol. The third kappa shape index (κ3) is 4.04. The van der Waals surface area contributed by atoms with Crippen LogP contribution in [0.2, 0.25) is 0 Å². The maximum absolute atomic E-state index is 11.2. The van der Waals surface area contributed by atoms with Crippen molar-refractivity contribution in [1.29, 1.82) is 0 Å². The van der Waals surface area contributed by atoms with Crippen LogP contribution in [0.5, 0.6) is 0 Å². The second-order valence-electron chi connectivity index (χ2n) is 2.95. The minimum absolute atomic E-state index is 0.0386. The summed E-state index contributed by atoms with van der Waals surface area (Å²) >= 11 is 0. The summed E-state index contributed by atoms with van der Waals surface area (Å²) in [7, 11) is 1.63. The molecule has 0 saturated carbocycles. The molecule has 0 radical (unpaired) electrons. The SMILES string of the molecule is COCCCC(=O)NCc1ccn[nH]1. The van der Waals surface area contributed by atoms with Gasteiger partial charge in [-0.2, -0.15) is 5.10 Å². The Bertz CT molecular complexity index is 259. The zero-order valence-corrected chi connectivity index (χ0v) is 8.25. The van der Waals surface area contributed by atoms with Crippen molar-refractivity contribution in [2.45, 2.75) is 19.4 Å². The van der Waals surface area contributed by atoms with Crippen molar-refractivity contribution < 1.29 is 9.53 Å². The van der Waals surface area contributed by atoms with Gasteiger partial charge in [-0.3, -0.25) is 9.89 Å². The minimum Gasteiger partial charge on any atom is -0.385 e. The molecular formula is C9H15N3O2. The van der Waals surface area contributed by atoms with E-state index in [0.717, 1.165) is 12.1 Å². The molecule has 5 nitrogen and oxygen atoms in total. The Labute approximate surface area is 82.8 Å². The van der Waals surface area contributed by atoms with E-state index in [4.69, 9.17) is 4.74 Å². The molecule has 0 fully saturated rings. The summed E-state index contributed by atoms with van der Waals surface area (Å²) in [5.74, 6) is 0.0386. The van der Waals surface area contributed by atoms with Gasteiger partial charge in [-0.15, -0.1) is 0 Å². The molecule has 2 N–H and O–H groups in total. The number of hydrogen-bond acceptors (Lipinski definition) is 3. The topological polar surface area (TPSA) is 67.0 Å². The predicted octanol–water partition coefficient (Wildman–Crippen LogP) is 0.452. The van der Waals surface area contributed by atoms with Gasteiger partial charge in [0.05, 0.1) is 12.2 Å². The number of aromatic nitrogens is 2. The molecule has 0 unspecified atom stereocenters. The summed E-state index contributed by atoms with van der Waals surface area (Å²) in [6.45, 7) is 1.13. The van der Waals surface area contributed by atoms with E-state index >= 15 is 0 Å². The summed E-state index contributed by atoms with van der Waals surface area (Å²) in [6, 6.07) is 1.83. The van der Waals surface area contributed by atoms with Crippen LogP contribution in [0, 0.1) is 0 Å². The molecule has 0 atom stereocenters. The Balaban J connectivity index is 2.09. The third-order valence-corrected chi connectivity index (χ3v) is 1.79. The number of ether oxygens (including phenoxy) is 1. The average Bonchev–Trinajstić information content (AvgIpc) is 2.68. The highest BCUT2D eigenvalue weighted by Gasteiger charge is 2.00. The van der Waals surface area contributed by atoms with E-state index in [1.165, 1.54) is 0 Å². The van der Waals surface area contributed by atoms with Gasteiger partial charge in [-0.1, -0.05) is 0 Å². The Kier molecular flexibility index (Phi) is 4.71. The second-order valence-corrected chi connectivity index (χ2v) is 2.95. The lowest BCUT2D eigenvalue weighted by Crippen LogP contribution is -2.22. The van der Waals surface area contributed by atoms with Gasteiger partial charge >= 0.3 is 0 Å². The molecule has 0 aliphatic heterocycles. The largest absolute Gasteiger partial charge is 0.385 e. The Hall–Kier alpha value is -1.36. The summed E-state index contributed by atoms with van der Waals surface area (Å²) < 4.78 is 4.85. The molecule has 0 aliphatic rings. The van der Waals surface area contributed by atoms with E-state index in [1.54, 1.807) is 13.3 Å². The molecule has 0 aliphatic carbocycles. The van der Waals surface area contributed by atoms with Gasteiger partial charge in [0.1, 0.15) is 0 Å². The molecule has 0 bridgehead atoms. The lowest BCUT2D eigenvalue weighted by molar-refractivity contribution is -0.121. The lowest BCUT2D eigenvalue weighted by atomic mass is 10.3. The van der Waals surface area contributed by atoms with Crippen LogP contribution in [0.1, 0.15) is 18.5 Å². The van der Waals surface area contributed by atoms with E-state index < -0.39 is 0 Å². The van der Waals surface area contributed by atoms with Crippen LogP contribution in [-0.2, 0) is 16.1 Å². The van der Waals surface area contributed by atoms with Crippen molar-refractivity contribution in [3.8, 4) is 0 Å². The third-order valence-electron chi connectivity index (χ3n) is 1.79. The first kappa shape index (κ1) is 10.7. The van der Waals surface area contributed by atoms with Gasteiger partial charge in [0.2, 0.25) is 5.91 Å². The first-order chi connectivity index (χ1) is 6.83. The van der Waals surface area contributed by atoms with Gasteiger partial charge in [0.25, 0.3) is 0 Å². The number of methoxy groups -OCH3 is 1. The van der Waals surface area contributed by atoms with E-state index in [9.17, 15) is 4.79 Å². The molecule has 1 heterocycles. The van der Waals surface area contributed by atoms with Gasteiger partial charge < -0.3 is 10.1 Å². The quantitative estimate of drug-likeness (QED) is 0.651. The van der Waals surface area contributed by atoms with Crippen molar-refractivity contribution in [2.75, 3.05) is 13.7 Å². The summed E-state index contributed by atoms with van der Waals surface area (Å²) in [6.07, 6.45) is 2.92. The number of nitrogens with one attached hydrogen (secondary N) is 2. The summed E-state index contributed by atoms with van der Waals surface area (Å²) in [5, 5.41) is 9.33. The standard InChI is InChI=1S/C9H15N3O2/c1-14-6-2-3-9(13)10-7-8-4-5-11-12-8/h4-5H,2-3,6-7H2,1H3,(H,10,13)(H,11,12). The second kappa shape index (κ2) is 6.15. The number of amides is 1. The normalized spacial score (nSPS) is 10.1. The molecule has 5 heteroatoms. The van der Waals surface area contributed by atoms with E-state index in [-0.39, 0.29) is 5.91 Å². The van der Waals surface area contributed by atoms with Crippen LogP contribution in [0.25, 0.3) is 0 Å². The minimum atomic E-state index is 0.0386. The maximum atomic E-state index is 11.2. The summed E-state index contributed by atoms with van der Waals surface area (Å²) in [5.41, 5.74) is 0.907. The molecule has 14 heavy (non-hydrogen) atoms. The van der Waals surface area contributed by atoms with Crippen molar-refractivity contribution in [1.82, 2.24) is 15.5 Å². The van der Waals surface area contributed by atoms with Gasteiger partial charge in [-0.25, -0.2) is 0 Å². The van der Waals surface area contributed by atoms with Gasteiger partial charge in [0, 0.05) is 26.3 Å². The molecule has 78 valence electrons. The van der Waals surface area contributed by atoms with Crippen LogP contribution in [0.15, 0.2) is 12.3 Å². The Morgan fingerprint density at radius 3 is 3.21 bits per heavy atom. The van der Waals surface area contributed by atoms with E-state index in [1.807, 2.05) is 6.07 Å². The van der Waals surface area contributed by atoms with Gasteiger partial charge in [-0.05, 0) is 12.5 Å². The van der Waals surface area contributed by atoms with Gasteiger partial charge in [0.15, 0.2) is 0 Å². The average molecular weight is 197 g/mol. The highest BCUT2D eigenvalue weighted by molar-refractivity contribution is 5.75. The Morgan fingerprint density at radius 2 is 2.57 bits per heavy atom. The van der Waals surface area contributed by atoms with Crippen molar-refractivity contribution >= 4 is 5.91 Å². The monoisotopic (exact) mass is 197 g/mol. The molecule has 0 spiro atoms. The molecule has 1 aromatic rings. The van der Waals surface area contributed by atoms with E-state index in [0.29, 0.717) is 19.6 Å². The highest BCUT2D eigenvalue weighted by atomic mass is 16.5. The first-order valence-electron chi connectivity index (χ1n) is 4.57. The maximum Gasteiger partial charge on any atom is 0.220 e. The zero-order chi connectivity index (χ0) is 10.2. The number of rotatable bonds is 6. The first-order valence-corrected chi connectivity index (χ1v) is 4.57. The lowest BCUT2D eigenvalue weighted by Gasteiger charge is -2.02. The van der Waals surface area contributed by atoms with Crippen molar-refractivity contribution in [2.24, 2.45) is 0 Å². The van der Waals surface area contributed by atoms with Crippen LogP contribution in [0.4, 0.5) is 0 Å². The molecule has 0 aromatic carbocycles. The van der Waals surface area contributed by atoms with Crippen molar-refractivity contribution in [3.05, 3.63) is 18.0 Å². The number of carbonyl (C=O) groups is 1. The van der Waals surface area contributed by atoms with Crippen LogP contribution in [-0.4, -0.2) is 29.8 Å². The number of nitrogens with zero attached hydrogens (tertiary/aromatic N) is 1. The molecule has 1 rings (SSSR count). The predicted molar refractivity (Wildman–Crippen MR) is 51.5 cm³/mol. The highest BCUT2D eigenvalue weighted by Crippen LogP contribution is 1.93. The molecule has 0 saturated heterocycles. The fraction of sp³-hybridized carbons (Fsp3) is 0.556. The fourth-order valence-corrected chi connectivity index (χ4v) is 1.04. The van der Waals surface area contributed by atoms with Crippen molar-refractivity contribution in [3.63, 3.8) is 0 Å². The molecule has 1 amide bonds. The van der Waals surface area contributed by atoms with Crippen LogP contribution < -0.4 is 5.32 Å².